The fourth-order valence-electron chi connectivity index (χ4n) is 0.902. The Morgan fingerprint density at radius 2 is 2.20 bits per heavy atom. The van der Waals surface area contributed by atoms with Crippen molar-refractivity contribution in [1.29, 1.82) is 0 Å². The summed E-state index contributed by atoms with van der Waals surface area (Å²) in [5.41, 5.74) is 5.52. The highest BCUT2D eigenvalue weighted by Crippen LogP contribution is 2.12. The van der Waals surface area contributed by atoms with Gasteiger partial charge in [0.2, 0.25) is 5.89 Å². The molecule has 8 heteroatoms. The molecule has 0 unspecified atom stereocenters. The van der Waals surface area contributed by atoms with Crippen molar-refractivity contribution in [2.45, 2.75) is 24.8 Å². The maximum atomic E-state index is 10.9. The molecule has 0 saturated heterocycles. The molecule has 1 aromatic rings. The predicted octanol–water partition coefficient (Wildman–Crippen LogP) is -1.01. The fraction of sp³-hybridized carbons (Fsp3) is 0.714. The first-order valence-electron chi connectivity index (χ1n) is 4.23. The topological polar surface area (TPSA) is 119 Å². The van der Waals surface area contributed by atoms with E-state index >= 15 is 0 Å². The minimum absolute atomic E-state index is 0.0312. The first-order valence-corrected chi connectivity index (χ1v) is 6.29. The van der Waals surface area contributed by atoms with Gasteiger partial charge in [-0.3, -0.25) is 0 Å². The third-order valence-corrected chi connectivity index (χ3v) is 2.46. The van der Waals surface area contributed by atoms with Crippen molar-refractivity contribution in [3.63, 3.8) is 0 Å². The minimum Gasteiger partial charge on any atom is -0.391 e. The zero-order valence-electron chi connectivity index (χ0n) is 8.41. The monoisotopic (exact) mass is 235 g/mol. The van der Waals surface area contributed by atoms with Gasteiger partial charge in [-0.15, -0.1) is 0 Å². The maximum absolute atomic E-state index is 10.9. The van der Waals surface area contributed by atoms with Crippen molar-refractivity contribution in [1.82, 2.24) is 10.1 Å². The lowest BCUT2D eigenvalue weighted by atomic mass is 10.2. The molecule has 0 aromatic carbocycles. The third-order valence-electron chi connectivity index (χ3n) is 1.68. The van der Waals surface area contributed by atoms with Gasteiger partial charge < -0.3 is 15.4 Å². The van der Waals surface area contributed by atoms with Crippen LogP contribution in [0.2, 0.25) is 0 Å². The second-order valence-electron chi connectivity index (χ2n) is 3.39. The fourth-order valence-corrected chi connectivity index (χ4v) is 1.49. The lowest BCUT2D eigenvalue weighted by Gasteiger charge is -2.08. The molecule has 86 valence electrons. The Kier molecular flexibility index (Phi) is 3.42. The number of nitrogens with two attached hydrogens (primary N) is 1. The summed E-state index contributed by atoms with van der Waals surface area (Å²) in [6, 6.07) is -0.800. The summed E-state index contributed by atoms with van der Waals surface area (Å²) in [6.07, 6.45) is 0.231. The van der Waals surface area contributed by atoms with Crippen LogP contribution in [0.25, 0.3) is 0 Å². The van der Waals surface area contributed by atoms with E-state index in [1.54, 1.807) is 0 Å². The van der Waals surface area contributed by atoms with Crippen molar-refractivity contribution < 1.29 is 18.0 Å². The smallest absolute Gasteiger partial charge is 0.246 e. The van der Waals surface area contributed by atoms with Crippen LogP contribution in [-0.2, 0) is 15.6 Å². The molecule has 0 aliphatic heterocycles. The van der Waals surface area contributed by atoms with Gasteiger partial charge in [0.05, 0.1) is 6.10 Å². The third kappa shape index (κ3) is 3.57. The summed E-state index contributed by atoms with van der Waals surface area (Å²) in [5, 5.41) is 12.6. The number of aliphatic hydroxyl groups is 1. The predicted molar refractivity (Wildman–Crippen MR) is 51.5 cm³/mol. The summed E-state index contributed by atoms with van der Waals surface area (Å²) >= 11 is 0. The van der Waals surface area contributed by atoms with E-state index in [0.29, 0.717) is 0 Å². The number of aliphatic hydroxyl groups excluding tert-OH is 1. The van der Waals surface area contributed by atoms with Crippen molar-refractivity contribution >= 4 is 9.84 Å². The normalized spacial score (nSPS) is 16.3. The molecule has 1 rings (SSSR count). The average molecular weight is 235 g/mol. The van der Waals surface area contributed by atoms with Crippen LogP contribution in [0, 0.1) is 0 Å². The first-order chi connectivity index (χ1) is 6.79. The van der Waals surface area contributed by atoms with Gasteiger partial charge >= 0.3 is 0 Å². The number of hydrogen-bond acceptors (Lipinski definition) is 7. The summed E-state index contributed by atoms with van der Waals surface area (Å²) in [5.74, 6) is -0.226. The number of rotatable bonds is 4. The van der Waals surface area contributed by atoms with Gasteiger partial charge in [-0.1, -0.05) is 5.16 Å². The number of nitrogens with zero attached hydrogens (tertiary/aromatic N) is 2. The van der Waals surface area contributed by atoms with Gasteiger partial charge in [0.15, 0.2) is 15.7 Å². The van der Waals surface area contributed by atoms with E-state index in [0.717, 1.165) is 6.26 Å². The Labute approximate surface area is 87.2 Å². The molecule has 2 atom stereocenters. The minimum atomic E-state index is -3.20. The lowest BCUT2D eigenvalue weighted by Crippen LogP contribution is -2.23. The zero-order chi connectivity index (χ0) is 11.6. The maximum Gasteiger partial charge on any atom is 0.246 e. The molecule has 0 amide bonds. The Bertz CT molecular complexity index is 425. The SMILES string of the molecule is C[C@@H](O)[C@H](N)c1nc(CS(C)(=O)=O)no1. The van der Waals surface area contributed by atoms with Crippen molar-refractivity contribution in [3.05, 3.63) is 11.7 Å². The van der Waals surface area contributed by atoms with Crippen LogP contribution in [-0.4, -0.2) is 36.0 Å². The van der Waals surface area contributed by atoms with Gasteiger partial charge in [-0.2, -0.15) is 4.98 Å². The molecule has 0 radical (unpaired) electrons. The largest absolute Gasteiger partial charge is 0.391 e. The molecule has 15 heavy (non-hydrogen) atoms. The summed E-state index contributed by atoms with van der Waals surface area (Å²) in [4.78, 5) is 3.77. The number of aromatic nitrogens is 2. The highest BCUT2D eigenvalue weighted by atomic mass is 32.2. The molecule has 1 aromatic heterocycles. The van der Waals surface area contributed by atoms with E-state index in [1.807, 2.05) is 0 Å². The molecule has 1 heterocycles. The number of hydrogen-bond donors (Lipinski definition) is 2. The van der Waals surface area contributed by atoms with Crippen LogP contribution in [0.5, 0.6) is 0 Å². The van der Waals surface area contributed by atoms with E-state index in [-0.39, 0.29) is 17.5 Å². The van der Waals surface area contributed by atoms with Crippen LogP contribution in [0.3, 0.4) is 0 Å². The summed E-state index contributed by atoms with van der Waals surface area (Å²) in [7, 11) is -3.20. The molecule has 0 bridgehead atoms. The van der Waals surface area contributed by atoms with Gasteiger partial charge in [-0.05, 0) is 6.92 Å². The van der Waals surface area contributed by atoms with E-state index < -0.39 is 22.0 Å². The highest BCUT2D eigenvalue weighted by Gasteiger charge is 2.20. The highest BCUT2D eigenvalue weighted by molar-refractivity contribution is 7.89. The summed E-state index contributed by atoms with van der Waals surface area (Å²) < 4.78 is 26.5. The Hall–Kier alpha value is -0.990. The van der Waals surface area contributed by atoms with Crippen LogP contribution in [0.4, 0.5) is 0 Å². The standard InChI is InChI=1S/C7H13N3O4S/c1-4(11)6(8)7-9-5(10-14-7)3-15(2,12)13/h4,6,11H,3,8H2,1-2H3/t4-,6+/m1/s1. The molecular weight excluding hydrogens is 222 g/mol. The van der Waals surface area contributed by atoms with E-state index in [1.165, 1.54) is 6.92 Å². The Balaban J connectivity index is 2.81. The van der Waals surface area contributed by atoms with Crippen LogP contribution in [0.1, 0.15) is 24.7 Å². The van der Waals surface area contributed by atoms with Crippen molar-refractivity contribution in [2.75, 3.05) is 6.26 Å². The van der Waals surface area contributed by atoms with Crippen LogP contribution >= 0.6 is 0 Å². The second kappa shape index (κ2) is 4.25. The lowest BCUT2D eigenvalue weighted by molar-refractivity contribution is 0.146. The molecule has 3 N–H and O–H groups in total. The van der Waals surface area contributed by atoms with E-state index in [2.05, 4.69) is 10.1 Å². The van der Waals surface area contributed by atoms with Gasteiger partial charge in [0.1, 0.15) is 11.8 Å². The molecule has 0 spiro atoms. The Morgan fingerprint density at radius 3 is 2.67 bits per heavy atom. The Morgan fingerprint density at radius 1 is 1.60 bits per heavy atom. The van der Waals surface area contributed by atoms with Crippen LogP contribution in [0.15, 0.2) is 4.52 Å². The zero-order valence-corrected chi connectivity index (χ0v) is 9.23. The molecular formula is C7H13N3O4S. The summed E-state index contributed by atoms with van der Waals surface area (Å²) in [6.45, 7) is 1.48. The first kappa shape index (κ1) is 12.1. The second-order valence-corrected chi connectivity index (χ2v) is 5.53. The van der Waals surface area contributed by atoms with E-state index in [4.69, 9.17) is 15.4 Å². The van der Waals surface area contributed by atoms with Gasteiger partial charge in [-0.25, -0.2) is 8.42 Å². The van der Waals surface area contributed by atoms with Crippen molar-refractivity contribution in [2.24, 2.45) is 5.73 Å². The average Bonchev–Trinajstić information content (AvgIpc) is 2.48. The molecule has 0 aliphatic carbocycles. The van der Waals surface area contributed by atoms with Crippen LogP contribution < -0.4 is 5.73 Å². The van der Waals surface area contributed by atoms with Crippen molar-refractivity contribution in [3.8, 4) is 0 Å². The molecule has 0 saturated carbocycles. The molecule has 0 fully saturated rings. The van der Waals surface area contributed by atoms with E-state index in [9.17, 15) is 8.42 Å². The molecule has 0 aliphatic rings. The van der Waals surface area contributed by atoms with Gasteiger partial charge in [0.25, 0.3) is 0 Å². The molecule has 7 nitrogen and oxygen atoms in total. The van der Waals surface area contributed by atoms with Gasteiger partial charge in [0, 0.05) is 6.26 Å². The number of sulfone groups is 1. The quantitative estimate of drug-likeness (QED) is 0.686.